The van der Waals surface area contributed by atoms with Crippen LogP contribution in [0.1, 0.15) is 36.6 Å². The molecule has 0 radical (unpaired) electrons. The van der Waals surface area contributed by atoms with Gasteiger partial charge in [-0.2, -0.15) is 5.10 Å². The summed E-state index contributed by atoms with van der Waals surface area (Å²) in [6.07, 6.45) is 1.39. The third-order valence-electron chi connectivity index (χ3n) is 4.99. The number of carbonyl (C=O) groups excluding carboxylic acids is 3. The lowest BCUT2D eigenvalue weighted by Crippen LogP contribution is -2.18. The van der Waals surface area contributed by atoms with Crippen LogP contribution < -0.4 is 15.5 Å². The van der Waals surface area contributed by atoms with Crippen molar-refractivity contribution in [2.75, 3.05) is 5.32 Å². The van der Waals surface area contributed by atoms with Crippen molar-refractivity contribution in [3.8, 4) is 5.75 Å². The fourth-order valence-electron chi connectivity index (χ4n) is 3.18. The van der Waals surface area contributed by atoms with Crippen molar-refractivity contribution < 1.29 is 19.1 Å². The van der Waals surface area contributed by atoms with Crippen LogP contribution in [-0.2, 0) is 0 Å². The number of halogens is 1. The van der Waals surface area contributed by atoms with Gasteiger partial charge in [-0.15, -0.1) is 0 Å². The molecule has 0 aliphatic rings. The average Bonchev–Trinajstić information content (AvgIpc) is 2.90. The Labute approximate surface area is 215 Å². The predicted molar refractivity (Wildman–Crippen MR) is 141 cm³/mol. The number of anilines is 1. The fourth-order valence-corrected chi connectivity index (χ4v) is 3.45. The maximum absolute atomic E-state index is 12.6. The summed E-state index contributed by atoms with van der Waals surface area (Å²) in [5, 5.41) is 6.77. The molecular formula is C28H20BrN3O4. The molecule has 0 unspecified atom stereocenters. The van der Waals surface area contributed by atoms with Gasteiger partial charge in [-0.05, 0) is 66.7 Å². The Balaban J connectivity index is 1.40. The van der Waals surface area contributed by atoms with Gasteiger partial charge in [-0.3, -0.25) is 9.59 Å². The number of esters is 1. The molecule has 0 bridgehead atoms. The molecule has 4 aromatic rings. The molecule has 0 aliphatic heterocycles. The molecule has 7 nitrogen and oxygen atoms in total. The lowest BCUT2D eigenvalue weighted by molar-refractivity contribution is 0.0734. The number of amides is 2. The number of hydrazone groups is 1. The minimum Gasteiger partial charge on any atom is -0.422 e. The van der Waals surface area contributed by atoms with E-state index < -0.39 is 11.9 Å². The molecule has 0 atom stereocenters. The summed E-state index contributed by atoms with van der Waals surface area (Å²) in [7, 11) is 0. The molecular weight excluding hydrogens is 522 g/mol. The number of carbonyl (C=O) groups is 3. The first-order valence-electron chi connectivity index (χ1n) is 10.9. The van der Waals surface area contributed by atoms with E-state index in [0.29, 0.717) is 33.7 Å². The van der Waals surface area contributed by atoms with Gasteiger partial charge >= 0.3 is 5.97 Å². The highest BCUT2D eigenvalue weighted by Gasteiger charge is 2.12. The zero-order valence-electron chi connectivity index (χ0n) is 18.9. The maximum Gasteiger partial charge on any atom is 0.343 e. The molecule has 0 heterocycles. The van der Waals surface area contributed by atoms with Crippen molar-refractivity contribution >= 4 is 45.6 Å². The van der Waals surface area contributed by atoms with Gasteiger partial charge in [0.05, 0.1) is 11.8 Å². The summed E-state index contributed by atoms with van der Waals surface area (Å²) in [4.78, 5) is 37.4. The quantitative estimate of drug-likeness (QED) is 0.136. The molecule has 0 aromatic heterocycles. The van der Waals surface area contributed by atoms with E-state index in [2.05, 4.69) is 31.8 Å². The minimum absolute atomic E-state index is 0.277. The zero-order chi connectivity index (χ0) is 25.3. The molecule has 8 heteroatoms. The van der Waals surface area contributed by atoms with Gasteiger partial charge in [0.25, 0.3) is 11.8 Å². The van der Waals surface area contributed by atoms with Crippen LogP contribution in [0.4, 0.5) is 5.69 Å². The first kappa shape index (κ1) is 24.6. The number of nitrogens with zero attached hydrogens (tertiary/aromatic N) is 1. The van der Waals surface area contributed by atoms with Crippen LogP contribution in [0.3, 0.4) is 0 Å². The Morgan fingerprint density at radius 2 is 1.42 bits per heavy atom. The van der Waals surface area contributed by atoms with Crippen LogP contribution in [0.5, 0.6) is 5.75 Å². The Morgan fingerprint density at radius 3 is 2.19 bits per heavy atom. The van der Waals surface area contributed by atoms with E-state index in [1.165, 1.54) is 6.21 Å². The molecule has 2 N–H and O–H groups in total. The summed E-state index contributed by atoms with van der Waals surface area (Å²) >= 11 is 3.33. The van der Waals surface area contributed by atoms with E-state index in [-0.39, 0.29) is 5.91 Å². The van der Waals surface area contributed by atoms with Gasteiger partial charge in [0.15, 0.2) is 0 Å². The van der Waals surface area contributed by atoms with Crippen LogP contribution in [0.15, 0.2) is 113 Å². The molecule has 4 rings (SSSR count). The Morgan fingerprint density at radius 1 is 0.722 bits per heavy atom. The predicted octanol–water partition coefficient (Wildman–Crippen LogP) is 5.68. The van der Waals surface area contributed by atoms with E-state index in [4.69, 9.17) is 4.74 Å². The first-order valence-corrected chi connectivity index (χ1v) is 11.7. The lowest BCUT2D eigenvalue weighted by atomic mass is 10.1. The molecule has 2 amide bonds. The standard InChI is InChI=1S/C28H20BrN3O4/c29-23-15-13-20(14-16-23)28(35)36-25-12-5-4-9-22(25)18-30-32-27(34)21-10-6-11-24(17-21)31-26(33)19-7-2-1-3-8-19/h1-18H,(H,31,33)(H,32,34). The first-order chi connectivity index (χ1) is 17.5. The van der Waals surface area contributed by atoms with Gasteiger partial charge in [0, 0.05) is 26.9 Å². The summed E-state index contributed by atoms with van der Waals surface area (Å²) in [6, 6.07) is 28.9. The highest BCUT2D eigenvalue weighted by Crippen LogP contribution is 2.19. The Kier molecular flexibility index (Phi) is 8.00. The van der Waals surface area contributed by atoms with E-state index in [9.17, 15) is 14.4 Å². The van der Waals surface area contributed by atoms with Crippen molar-refractivity contribution in [2.24, 2.45) is 5.10 Å². The van der Waals surface area contributed by atoms with Crippen molar-refractivity contribution in [1.82, 2.24) is 5.43 Å². The summed E-state index contributed by atoms with van der Waals surface area (Å²) in [5.74, 6) is -0.956. The van der Waals surface area contributed by atoms with Gasteiger partial charge in [0.2, 0.25) is 0 Å². The minimum atomic E-state index is -0.512. The third-order valence-corrected chi connectivity index (χ3v) is 5.52. The largest absolute Gasteiger partial charge is 0.422 e. The maximum atomic E-state index is 12.6. The van der Waals surface area contributed by atoms with E-state index in [0.717, 1.165) is 4.47 Å². The molecule has 4 aromatic carbocycles. The van der Waals surface area contributed by atoms with Crippen molar-refractivity contribution in [3.05, 3.63) is 130 Å². The monoisotopic (exact) mass is 541 g/mol. The van der Waals surface area contributed by atoms with Gasteiger partial charge in [-0.25, -0.2) is 10.2 Å². The topological polar surface area (TPSA) is 96.9 Å². The number of nitrogens with one attached hydrogen (secondary N) is 2. The van der Waals surface area contributed by atoms with Gasteiger partial charge < -0.3 is 10.1 Å². The second-order valence-electron chi connectivity index (χ2n) is 7.53. The van der Waals surface area contributed by atoms with Crippen molar-refractivity contribution in [2.45, 2.75) is 0 Å². The highest BCUT2D eigenvalue weighted by molar-refractivity contribution is 9.10. The number of rotatable bonds is 7. The molecule has 0 saturated carbocycles. The van der Waals surface area contributed by atoms with E-state index in [1.807, 2.05) is 6.07 Å². The van der Waals surface area contributed by atoms with E-state index >= 15 is 0 Å². The third kappa shape index (κ3) is 6.52. The highest BCUT2D eigenvalue weighted by atomic mass is 79.9. The zero-order valence-corrected chi connectivity index (χ0v) is 20.4. The Hall–Kier alpha value is -4.56. The van der Waals surface area contributed by atoms with Gasteiger partial charge in [0.1, 0.15) is 5.75 Å². The van der Waals surface area contributed by atoms with Crippen molar-refractivity contribution in [1.29, 1.82) is 0 Å². The van der Waals surface area contributed by atoms with Crippen LogP contribution in [0.2, 0.25) is 0 Å². The molecule has 36 heavy (non-hydrogen) atoms. The molecule has 0 aliphatic carbocycles. The second-order valence-corrected chi connectivity index (χ2v) is 8.45. The van der Waals surface area contributed by atoms with Crippen LogP contribution >= 0.6 is 15.9 Å². The summed E-state index contributed by atoms with van der Waals surface area (Å²) < 4.78 is 6.36. The average molecular weight is 542 g/mol. The molecule has 0 saturated heterocycles. The Bertz CT molecular complexity index is 1420. The number of hydrogen-bond acceptors (Lipinski definition) is 5. The summed E-state index contributed by atoms with van der Waals surface area (Å²) in [5.41, 5.74) is 4.66. The van der Waals surface area contributed by atoms with Crippen LogP contribution in [0, 0.1) is 0 Å². The number of para-hydroxylation sites is 1. The second kappa shape index (κ2) is 11.7. The van der Waals surface area contributed by atoms with Crippen molar-refractivity contribution in [3.63, 3.8) is 0 Å². The number of ether oxygens (including phenoxy) is 1. The van der Waals surface area contributed by atoms with Crippen LogP contribution in [0.25, 0.3) is 0 Å². The fraction of sp³-hybridized carbons (Fsp3) is 0. The van der Waals surface area contributed by atoms with Crippen LogP contribution in [-0.4, -0.2) is 24.0 Å². The summed E-state index contributed by atoms with van der Waals surface area (Å²) in [6.45, 7) is 0. The number of hydrogen-bond donors (Lipinski definition) is 2. The van der Waals surface area contributed by atoms with Gasteiger partial charge in [-0.1, -0.05) is 52.3 Å². The molecule has 178 valence electrons. The SMILES string of the molecule is O=C(NN=Cc1ccccc1OC(=O)c1ccc(Br)cc1)c1cccc(NC(=O)c2ccccc2)c1. The number of benzene rings is 4. The lowest BCUT2D eigenvalue weighted by Gasteiger charge is -2.08. The smallest absolute Gasteiger partial charge is 0.343 e. The van der Waals surface area contributed by atoms with E-state index in [1.54, 1.807) is 97.1 Å². The molecule has 0 fully saturated rings. The normalized spacial score (nSPS) is 10.6. The molecule has 0 spiro atoms.